The Morgan fingerprint density at radius 1 is 0.941 bits per heavy atom. The third-order valence-corrected chi connectivity index (χ3v) is 5.97. The number of hydrogen-bond acceptors (Lipinski definition) is 4. The van der Waals surface area contributed by atoms with Crippen LogP contribution < -0.4 is 10.6 Å². The fourth-order valence-corrected chi connectivity index (χ4v) is 3.84. The van der Waals surface area contributed by atoms with Crippen molar-refractivity contribution >= 4 is 11.7 Å². The number of benzene rings is 2. The van der Waals surface area contributed by atoms with Crippen molar-refractivity contribution in [1.29, 1.82) is 0 Å². The first kappa shape index (κ1) is 23.4. The Hall–Kier alpha value is -3.77. The molecule has 2 atom stereocenters. The number of nitrogens with one attached hydrogen (secondary N) is 2. The minimum absolute atomic E-state index is 0.138. The minimum atomic E-state index is -0.488. The van der Waals surface area contributed by atoms with Crippen LogP contribution in [0.4, 0.5) is 5.82 Å². The van der Waals surface area contributed by atoms with Gasteiger partial charge in [0.15, 0.2) is 0 Å². The number of hydrogen-bond donors (Lipinski definition) is 2. The summed E-state index contributed by atoms with van der Waals surface area (Å²) < 4.78 is 1.87. The summed E-state index contributed by atoms with van der Waals surface area (Å²) in [5, 5.41) is 10.7. The highest BCUT2D eigenvalue weighted by Crippen LogP contribution is 2.21. The number of carbonyl (C=O) groups excluding carboxylic acids is 1. The minimum Gasteiger partial charge on any atom is -0.309 e. The Balaban J connectivity index is 1.45. The van der Waals surface area contributed by atoms with E-state index in [1.807, 2.05) is 66.5 Å². The average Bonchev–Trinajstić information content (AvgIpc) is 3.35. The first-order valence-corrected chi connectivity index (χ1v) is 11.7. The average molecular weight is 454 g/mol. The maximum Gasteiger partial charge on any atom is 0.247 e. The van der Waals surface area contributed by atoms with E-state index in [1.165, 1.54) is 11.1 Å². The topological polar surface area (TPSA) is 71.8 Å². The highest BCUT2D eigenvalue weighted by molar-refractivity contribution is 5.95. The third-order valence-electron chi connectivity index (χ3n) is 5.97. The van der Waals surface area contributed by atoms with Gasteiger partial charge < -0.3 is 10.6 Å². The molecule has 0 aliphatic carbocycles. The highest BCUT2D eigenvalue weighted by Gasteiger charge is 2.21. The molecule has 1 amide bonds. The summed E-state index contributed by atoms with van der Waals surface area (Å²) in [6.45, 7) is 7.79. The molecule has 0 spiro atoms. The number of aromatic nitrogens is 3. The molecule has 0 aliphatic rings. The van der Waals surface area contributed by atoms with Gasteiger partial charge in [0.25, 0.3) is 0 Å². The van der Waals surface area contributed by atoms with Gasteiger partial charge in [-0.2, -0.15) is 5.10 Å². The highest BCUT2D eigenvalue weighted by atomic mass is 16.2. The number of rotatable bonds is 9. The molecule has 6 heteroatoms. The zero-order valence-electron chi connectivity index (χ0n) is 19.9. The molecular weight excluding hydrogens is 422 g/mol. The van der Waals surface area contributed by atoms with E-state index in [4.69, 9.17) is 0 Å². The lowest BCUT2D eigenvalue weighted by Crippen LogP contribution is -2.35. The molecule has 6 nitrogen and oxygen atoms in total. The van der Waals surface area contributed by atoms with E-state index in [-0.39, 0.29) is 11.8 Å². The van der Waals surface area contributed by atoms with Crippen LogP contribution in [0.3, 0.4) is 0 Å². The van der Waals surface area contributed by atoms with Gasteiger partial charge in [0.2, 0.25) is 5.91 Å². The van der Waals surface area contributed by atoms with Crippen LogP contribution in [0, 0.1) is 6.92 Å². The van der Waals surface area contributed by atoms with Gasteiger partial charge in [0.05, 0.1) is 6.20 Å². The molecule has 4 rings (SSSR count). The molecule has 0 saturated carbocycles. The molecule has 2 aromatic heterocycles. The number of pyridine rings is 1. The molecule has 0 saturated heterocycles. The molecule has 34 heavy (non-hydrogen) atoms. The third kappa shape index (κ3) is 5.77. The number of amides is 1. The largest absolute Gasteiger partial charge is 0.309 e. The zero-order valence-corrected chi connectivity index (χ0v) is 19.9. The lowest BCUT2D eigenvalue weighted by Gasteiger charge is -2.21. The van der Waals surface area contributed by atoms with Crippen LogP contribution in [0.5, 0.6) is 0 Å². The SMILES string of the molecule is CCn1cc(-c2ccc(NC(=O)[C@@H](NC[C@@H](C)c3ccc(C)cc3)c3ccccc3)nc2)cn1. The Bertz CT molecular complexity index is 1200. The summed E-state index contributed by atoms with van der Waals surface area (Å²) in [7, 11) is 0. The van der Waals surface area contributed by atoms with Crippen molar-refractivity contribution in [3.63, 3.8) is 0 Å². The van der Waals surface area contributed by atoms with Crippen molar-refractivity contribution in [3.8, 4) is 11.1 Å². The summed E-state index contributed by atoms with van der Waals surface area (Å²) in [5.74, 6) is 0.647. The normalized spacial score (nSPS) is 12.8. The Morgan fingerprint density at radius 2 is 1.71 bits per heavy atom. The molecule has 2 heterocycles. The summed E-state index contributed by atoms with van der Waals surface area (Å²) in [4.78, 5) is 17.7. The van der Waals surface area contributed by atoms with Gasteiger partial charge in [-0.15, -0.1) is 0 Å². The molecule has 0 radical (unpaired) electrons. The molecular formula is C28H31N5O. The van der Waals surface area contributed by atoms with Gasteiger partial charge in [-0.1, -0.05) is 67.1 Å². The molecule has 174 valence electrons. The quantitative estimate of drug-likeness (QED) is 0.359. The lowest BCUT2D eigenvalue weighted by atomic mass is 9.98. The first-order valence-electron chi connectivity index (χ1n) is 11.7. The number of nitrogens with zero attached hydrogens (tertiary/aromatic N) is 3. The van der Waals surface area contributed by atoms with Crippen LogP contribution in [-0.2, 0) is 11.3 Å². The number of carbonyl (C=O) groups is 1. The molecule has 0 aliphatic heterocycles. The van der Waals surface area contributed by atoms with E-state index in [1.54, 1.807) is 6.20 Å². The summed E-state index contributed by atoms with van der Waals surface area (Å²) in [6.07, 6.45) is 5.57. The van der Waals surface area contributed by atoms with Gasteiger partial charge in [0, 0.05) is 36.6 Å². The zero-order chi connectivity index (χ0) is 23.9. The van der Waals surface area contributed by atoms with Gasteiger partial charge in [0.1, 0.15) is 11.9 Å². The Labute approximate surface area is 201 Å². The van der Waals surface area contributed by atoms with Crippen LogP contribution in [0.15, 0.2) is 85.3 Å². The predicted molar refractivity (Wildman–Crippen MR) is 137 cm³/mol. The predicted octanol–water partition coefficient (Wildman–Crippen LogP) is 5.35. The van der Waals surface area contributed by atoms with Crippen molar-refractivity contribution in [3.05, 3.63) is 102 Å². The summed E-state index contributed by atoms with van der Waals surface area (Å²) in [6, 6.07) is 21.6. The molecule has 0 fully saturated rings. The standard InChI is InChI=1S/C28H31N5O/c1-4-33-19-25(18-31-33)24-14-15-26(29-17-24)32-28(34)27(23-8-6-5-7-9-23)30-16-21(3)22-12-10-20(2)11-13-22/h5-15,17-19,21,27,30H,4,16H2,1-3H3,(H,29,32,34)/t21-,27+/m1/s1. The van der Waals surface area contributed by atoms with E-state index < -0.39 is 6.04 Å². The van der Waals surface area contributed by atoms with Crippen molar-refractivity contribution in [1.82, 2.24) is 20.1 Å². The van der Waals surface area contributed by atoms with E-state index in [2.05, 4.69) is 58.8 Å². The van der Waals surface area contributed by atoms with Gasteiger partial charge in [-0.25, -0.2) is 4.98 Å². The Morgan fingerprint density at radius 3 is 2.35 bits per heavy atom. The van der Waals surface area contributed by atoms with Crippen LogP contribution in [-0.4, -0.2) is 27.2 Å². The molecule has 0 unspecified atom stereocenters. The van der Waals surface area contributed by atoms with Crippen molar-refractivity contribution in [2.24, 2.45) is 0 Å². The number of anilines is 1. The molecule has 4 aromatic rings. The van der Waals surface area contributed by atoms with Gasteiger partial charge in [-0.05, 0) is 43.0 Å². The van der Waals surface area contributed by atoms with E-state index in [0.717, 1.165) is 23.2 Å². The molecule has 2 aromatic carbocycles. The maximum atomic E-state index is 13.3. The van der Waals surface area contributed by atoms with Crippen molar-refractivity contribution < 1.29 is 4.79 Å². The van der Waals surface area contributed by atoms with Gasteiger partial charge >= 0.3 is 0 Å². The summed E-state index contributed by atoms with van der Waals surface area (Å²) in [5.41, 5.74) is 5.36. The van der Waals surface area contributed by atoms with Crippen LogP contribution >= 0.6 is 0 Å². The smallest absolute Gasteiger partial charge is 0.247 e. The maximum absolute atomic E-state index is 13.3. The second kappa shape index (κ2) is 10.9. The van der Waals surface area contributed by atoms with Crippen LogP contribution in [0.25, 0.3) is 11.1 Å². The van der Waals surface area contributed by atoms with E-state index in [0.29, 0.717) is 12.4 Å². The van der Waals surface area contributed by atoms with Crippen LogP contribution in [0.1, 0.15) is 42.5 Å². The molecule has 0 bridgehead atoms. The second-order valence-corrected chi connectivity index (χ2v) is 8.57. The fraction of sp³-hybridized carbons (Fsp3) is 0.250. The van der Waals surface area contributed by atoms with Crippen molar-refractivity contribution in [2.45, 2.75) is 39.3 Å². The molecule has 2 N–H and O–H groups in total. The first-order chi connectivity index (χ1) is 16.5. The fourth-order valence-electron chi connectivity index (χ4n) is 3.84. The van der Waals surface area contributed by atoms with Gasteiger partial charge in [-0.3, -0.25) is 9.48 Å². The lowest BCUT2D eigenvalue weighted by molar-refractivity contribution is -0.118. The second-order valence-electron chi connectivity index (χ2n) is 8.57. The monoisotopic (exact) mass is 453 g/mol. The van der Waals surface area contributed by atoms with E-state index in [9.17, 15) is 4.79 Å². The summed E-state index contributed by atoms with van der Waals surface area (Å²) >= 11 is 0. The Kier molecular flexibility index (Phi) is 7.50. The number of aryl methyl sites for hydroxylation is 2. The van der Waals surface area contributed by atoms with Crippen molar-refractivity contribution in [2.75, 3.05) is 11.9 Å². The van der Waals surface area contributed by atoms with E-state index >= 15 is 0 Å². The van der Waals surface area contributed by atoms with Crippen LogP contribution in [0.2, 0.25) is 0 Å².